The van der Waals surface area contributed by atoms with Crippen molar-refractivity contribution >= 4 is 5.82 Å². The first-order valence-electron chi connectivity index (χ1n) is 7.08. The molecule has 1 aliphatic heterocycles. The molecule has 1 aliphatic carbocycles. The highest BCUT2D eigenvalue weighted by Crippen LogP contribution is 2.25. The van der Waals surface area contributed by atoms with E-state index in [0.29, 0.717) is 5.69 Å². The number of piperazine rings is 1. The Morgan fingerprint density at radius 1 is 1.05 bits per heavy atom. The van der Waals surface area contributed by atoms with Gasteiger partial charge in [0.25, 0.3) is 0 Å². The minimum absolute atomic E-state index is 0.383. The Kier molecular flexibility index (Phi) is 3.60. The number of nitriles is 1. The molecule has 0 spiro atoms. The summed E-state index contributed by atoms with van der Waals surface area (Å²) in [6.45, 7) is 4.26. The third kappa shape index (κ3) is 2.69. The predicted octanol–water partition coefficient (Wildman–Crippen LogP) is 1.41. The summed E-state index contributed by atoms with van der Waals surface area (Å²) in [4.78, 5) is 13.3. The molecule has 5 nitrogen and oxygen atoms in total. The van der Waals surface area contributed by atoms with Gasteiger partial charge >= 0.3 is 0 Å². The van der Waals surface area contributed by atoms with Crippen LogP contribution in [0, 0.1) is 11.3 Å². The molecule has 2 aliphatic rings. The zero-order chi connectivity index (χ0) is 13.1. The van der Waals surface area contributed by atoms with Crippen LogP contribution in [0.3, 0.4) is 0 Å². The van der Waals surface area contributed by atoms with E-state index in [2.05, 4.69) is 19.8 Å². The largest absolute Gasteiger partial charge is 0.353 e. The number of rotatable bonds is 2. The molecule has 0 aromatic carbocycles. The van der Waals surface area contributed by atoms with Crippen molar-refractivity contribution in [3.63, 3.8) is 0 Å². The maximum absolute atomic E-state index is 8.72. The first kappa shape index (κ1) is 12.4. The Labute approximate surface area is 113 Å². The van der Waals surface area contributed by atoms with Crippen molar-refractivity contribution in [2.24, 2.45) is 0 Å². The fraction of sp³-hybridized carbons (Fsp3) is 0.643. The molecule has 0 atom stereocenters. The Morgan fingerprint density at radius 2 is 1.79 bits per heavy atom. The van der Waals surface area contributed by atoms with Gasteiger partial charge in [-0.2, -0.15) is 5.26 Å². The van der Waals surface area contributed by atoms with Crippen LogP contribution in [0.1, 0.15) is 31.4 Å². The Morgan fingerprint density at radius 3 is 2.37 bits per heavy atom. The van der Waals surface area contributed by atoms with Crippen LogP contribution in [0.5, 0.6) is 0 Å². The molecule has 1 saturated carbocycles. The molecule has 0 amide bonds. The molecule has 5 heteroatoms. The highest BCUT2D eigenvalue weighted by atomic mass is 15.3. The van der Waals surface area contributed by atoms with Crippen LogP contribution < -0.4 is 4.90 Å². The van der Waals surface area contributed by atoms with E-state index in [0.717, 1.165) is 38.0 Å². The molecular formula is C14H19N5. The second-order valence-corrected chi connectivity index (χ2v) is 5.33. The van der Waals surface area contributed by atoms with E-state index < -0.39 is 0 Å². The molecule has 2 fully saturated rings. The van der Waals surface area contributed by atoms with E-state index in [1.54, 1.807) is 12.4 Å². The summed E-state index contributed by atoms with van der Waals surface area (Å²) in [6.07, 6.45) is 8.80. The molecule has 0 unspecified atom stereocenters. The lowest BCUT2D eigenvalue weighted by Crippen LogP contribution is -2.50. The van der Waals surface area contributed by atoms with Gasteiger partial charge in [-0.3, -0.25) is 4.90 Å². The maximum atomic E-state index is 8.72. The van der Waals surface area contributed by atoms with E-state index >= 15 is 0 Å². The standard InChI is InChI=1S/C14H19N5/c15-9-12-10-17-14(11-16-12)19-7-5-18(6-8-19)13-3-1-2-4-13/h10-11,13H,1-8H2. The molecule has 0 N–H and O–H groups in total. The Bertz CT molecular complexity index is 450. The van der Waals surface area contributed by atoms with Gasteiger partial charge in [0.2, 0.25) is 0 Å². The minimum atomic E-state index is 0.383. The predicted molar refractivity (Wildman–Crippen MR) is 72.8 cm³/mol. The van der Waals surface area contributed by atoms with E-state index in [1.165, 1.54) is 25.7 Å². The quantitative estimate of drug-likeness (QED) is 0.802. The van der Waals surface area contributed by atoms with Crippen molar-refractivity contribution in [1.29, 1.82) is 5.26 Å². The van der Waals surface area contributed by atoms with E-state index in [9.17, 15) is 0 Å². The van der Waals surface area contributed by atoms with Crippen LogP contribution in [0.15, 0.2) is 12.4 Å². The molecular weight excluding hydrogens is 238 g/mol. The van der Waals surface area contributed by atoms with Gasteiger partial charge in [-0.25, -0.2) is 9.97 Å². The van der Waals surface area contributed by atoms with Crippen molar-refractivity contribution < 1.29 is 0 Å². The average molecular weight is 257 g/mol. The van der Waals surface area contributed by atoms with Crippen LogP contribution in [0.2, 0.25) is 0 Å². The lowest BCUT2D eigenvalue weighted by atomic mass is 10.2. The lowest BCUT2D eigenvalue weighted by molar-refractivity contribution is 0.187. The molecule has 2 heterocycles. The van der Waals surface area contributed by atoms with Crippen LogP contribution >= 0.6 is 0 Å². The number of anilines is 1. The highest BCUT2D eigenvalue weighted by Gasteiger charge is 2.26. The molecule has 1 aromatic rings. The Hall–Kier alpha value is -1.67. The van der Waals surface area contributed by atoms with E-state index in [1.807, 2.05) is 6.07 Å². The molecule has 3 rings (SSSR count). The number of hydrogen-bond acceptors (Lipinski definition) is 5. The van der Waals surface area contributed by atoms with Crippen molar-refractivity contribution in [2.75, 3.05) is 31.1 Å². The normalized spacial score (nSPS) is 21.5. The average Bonchev–Trinajstić information content (AvgIpc) is 3.02. The first-order valence-corrected chi connectivity index (χ1v) is 7.08. The van der Waals surface area contributed by atoms with Crippen molar-refractivity contribution in [3.05, 3.63) is 18.1 Å². The van der Waals surface area contributed by atoms with Crippen LogP contribution in [-0.4, -0.2) is 47.1 Å². The van der Waals surface area contributed by atoms with Crippen molar-refractivity contribution in [3.8, 4) is 6.07 Å². The summed E-state index contributed by atoms with van der Waals surface area (Å²) in [7, 11) is 0. The Balaban J connectivity index is 1.58. The summed E-state index contributed by atoms with van der Waals surface area (Å²) in [5.41, 5.74) is 0.383. The zero-order valence-electron chi connectivity index (χ0n) is 11.1. The summed E-state index contributed by atoms with van der Waals surface area (Å²) in [6, 6.07) is 2.81. The minimum Gasteiger partial charge on any atom is -0.353 e. The molecule has 1 aromatic heterocycles. The summed E-state index contributed by atoms with van der Waals surface area (Å²) >= 11 is 0. The number of nitrogens with zero attached hydrogens (tertiary/aromatic N) is 5. The second-order valence-electron chi connectivity index (χ2n) is 5.33. The van der Waals surface area contributed by atoms with Crippen LogP contribution in [0.4, 0.5) is 5.82 Å². The third-order valence-electron chi connectivity index (χ3n) is 4.23. The molecule has 0 bridgehead atoms. The van der Waals surface area contributed by atoms with Crippen LogP contribution in [-0.2, 0) is 0 Å². The van der Waals surface area contributed by atoms with Gasteiger partial charge in [-0.15, -0.1) is 0 Å². The van der Waals surface area contributed by atoms with E-state index in [4.69, 9.17) is 5.26 Å². The van der Waals surface area contributed by atoms with Crippen molar-refractivity contribution in [2.45, 2.75) is 31.7 Å². The van der Waals surface area contributed by atoms with Gasteiger partial charge in [0.1, 0.15) is 11.9 Å². The zero-order valence-corrected chi connectivity index (χ0v) is 11.1. The fourth-order valence-corrected chi connectivity index (χ4v) is 3.13. The van der Waals surface area contributed by atoms with Gasteiger partial charge in [0.05, 0.1) is 12.4 Å². The maximum Gasteiger partial charge on any atom is 0.158 e. The SMILES string of the molecule is N#Cc1cnc(N2CCN(C3CCCC3)CC2)cn1. The van der Waals surface area contributed by atoms with Gasteiger partial charge < -0.3 is 4.90 Å². The number of hydrogen-bond donors (Lipinski definition) is 0. The summed E-state index contributed by atoms with van der Waals surface area (Å²) in [5.74, 6) is 0.894. The van der Waals surface area contributed by atoms with Gasteiger partial charge in [0, 0.05) is 32.2 Å². The number of aromatic nitrogens is 2. The molecule has 19 heavy (non-hydrogen) atoms. The van der Waals surface area contributed by atoms with Gasteiger partial charge in [-0.05, 0) is 12.8 Å². The first-order chi connectivity index (χ1) is 9.36. The lowest BCUT2D eigenvalue weighted by Gasteiger charge is -2.38. The molecule has 1 saturated heterocycles. The molecule has 0 radical (unpaired) electrons. The topological polar surface area (TPSA) is 56.1 Å². The fourth-order valence-electron chi connectivity index (χ4n) is 3.13. The molecule has 100 valence electrons. The van der Waals surface area contributed by atoms with Gasteiger partial charge in [0.15, 0.2) is 5.69 Å². The monoisotopic (exact) mass is 257 g/mol. The van der Waals surface area contributed by atoms with Crippen molar-refractivity contribution in [1.82, 2.24) is 14.9 Å². The summed E-state index contributed by atoms with van der Waals surface area (Å²) in [5, 5.41) is 8.72. The second kappa shape index (κ2) is 5.54. The smallest absolute Gasteiger partial charge is 0.158 e. The third-order valence-corrected chi connectivity index (χ3v) is 4.23. The summed E-state index contributed by atoms with van der Waals surface area (Å²) < 4.78 is 0. The highest BCUT2D eigenvalue weighted by molar-refractivity contribution is 5.37. The van der Waals surface area contributed by atoms with Crippen LogP contribution in [0.25, 0.3) is 0 Å². The van der Waals surface area contributed by atoms with Gasteiger partial charge in [-0.1, -0.05) is 12.8 Å². The van der Waals surface area contributed by atoms with E-state index in [-0.39, 0.29) is 0 Å².